The van der Waals surface area contributed by atoms with Crippen LogP contribution in [0.4, 0.5) is 0 Å². The molecule has 12 aromatic rings. The van der Waals surface area contributed by atoms with Gasteiger partial charge in [0.1, 0.15) is 0 Å². The summed E-state index contributed by atoms with van der Waals surface area (Å²) in [4.78, 5) is 0. The number of fused-ring (bicyclic) bond motifs is 10. The fraction of sp³-hybridized carbons (Fsp3) is 0.0667. The molecule has 0 spiro atoms. The van der Waals surface area contributed by atoms with E-state index in [9.17, 15) is 0 Å². The maximum atomic E-state index is 3.46. The first-order chi connectivity index (χ1) is 31.1. The Balaban J connectivity index is 0.000000632. The van der Waals surface area contributed by atoms with E-state index in [0.29, 0.717) is 0 Å². The van der Waals surface area contributed by atoms with Crippen LogP contribution in [0.15, 0.2) is 219 Å². The van der Waals surface area contributed by atoms with Crippen molar-refractivity contribution in [3.63, 3.8) is 0 Å². The molecular formula is C60H49N3. The van der Waals surface area contributed by atoms with Gasteiger partial charge in [-0.3, -0.25) is 0 Å². The Morgan fingerprint density at radius 2 is 0.794 bits per heavy atom. The summed E-state index contributed by atoms with van der Waals surface area (Å²) in [6.07, 6.45) is 5.58. The van der Waals surface area contributed by atoms with Crippen molar-refractivity contribution in [1.82, 2.24) is 13.7 Å². The second-order valence-corrected chi connectivity index (χ2v) is 15.8. The number of aromatic nitrogens is 3. The number of aryl methyl sites for hydroxylation is 1. The van der Waals surface area contributed by atoms with Gasteiger partial charge in [0.05, 0.1) is 22.1 Å². The predicted octanol–water partition coefficient (Wildman–Crippen LogP) is 16.8. The van der Waals surface area contributed by atoms with Crippen LogP contribution in [-0.4, -0.2) is 13.7 Å². The molecule has 63 heavy (non-hydrogen) atoms. The zero-order valence-corrected chi connectivity index (χ0v) is 36.3. The lowest BCUT2D eigenvalue weighted by Crippen LogP contribution is -1.93. The number of para-hydroxylation sites is 3. The molecule has 12 rings (SSSR count). The van der Waals surface area contributed by atoms with Gasteiger partial charge in [-0.15, -0.1) is 0 Å². The van der Waals surface area contributed by atoms with Crippen LogP contribution in [0.3, 0.4) is 0 Å². The molecule has 0 N–H and O–H groups in total. The van der Waals surface area contributed by atoms with E-state index in [4.69, 9.17) is 0 Å². The van der Waals surface area contributed by atoms with Gasteiger partial charge in [-0.1, -0.05) is 154 Å². The van der Waals surface area contributed by atoms with E-state index in [1.807, 2.05) is 32.9 Å². The van der Waals surface area contributed by atoms with Crippen molar-refractivity contribution in [2.24, 2.45) is 7.05 Å². The molecule has 0 saturated carbocycles. The summed E-state index contributed by atoms with van der Waals surface area (Å²) in [6.45, 7) is 9.42. The summed E-state index contributed by atoms with van der Waals surface area (Å²) in [5, 5.41) is 10.1. The van der Waals surface area contributed by atoms with Gasteiger partial charge >= 0.3 is 0 Å². The molecule has 0 unspecified atom stereocenters. The van der Waals surface area contributed by atoms with Gasteiger partial charge in [0.15, 0.2) is 0 Å². The molecule has 3 heterocycles. The minimum absolute atomic E-state index is 1.17. The number of rotatable bonds is 5. The van der Waals surface area contributed by atoms with Gasteiger partial charge in [0.25, 0.3) is 0 Å². The zero-order valence-electron chi connectivity index (χ0n) is 36.3. The maximum Gasteiger partial charge on any atom is 0.0547 e. The van der Waals surface area contributed by atoms with Crippen LogP contribution >= 0.6 is 0 Å². The molecule has 0 aliphatic carbocycles. The fourth-order valence-electron chi connectivity index (χ4n) is 9.45. The minimum atomic E-state index is 1.17. The third kappa shape index (κ3) is 6.70. The highest BCUT2D eigenvalue weighted by atomic mass is 15.0. The van der Waals surface area contributed by atoms with E-state index >= 15 is 0 Å². The van der Waals surface area contributed by atoms with Crippen molar-refractivity contribution in [3.8, 4) is 33.6 Å². The first kappa shape index (κ1) is 39.3. The quantitative estimate of drug-likeness (QED) is 0.154. The molecule has 3 heteroatoms. The molecule has 3 nitrogen and oxygen atoms in total. The van der Waals surface area contributed by atoms with E-state index in [1.54, 1.807) is 6.08 Å². The Kier molecular flexibility index (Phi) is 10.3. The van der Waals surface area contributed by atoms with Gasteiger partial charge in [-0.25, -0.2) is 0 Å². The van der Waals surface area contributed by atoms with E-state index in [1.165, 1.54) is 110 Å². The minimum Gasteiger partial charge on any atom is -0.344 e. The first-order valence-corrected chi connectivity index (χ1v) is 22.0. The normalized spacial score (nSPS) is 11.5. The van der Waals surface area contributed by atoms with Crippen LogP contribution in [0, 0.1) is 0 Å². The van der Waals surface area contributed by atoms with Crippen LogP contribution in [0.5, 0.6) is 0 Å². The standard InChI is InChI=1S/C53H35N3.C5H8.C2H6/c1-54-48-26-22-36(37-23-27-50-46(30-37)47-28-34-12-8-9-13-35(34)32-53(47)56(50)41-16-6-3-7-17-41)29-45(48)44-25-21-38(31-51(44)54)39-20-24-43-42-18-10-11-19-49(42)55(52(43)33-39)40-14-4-2-5-15-40;1-3-5-4-2;1-2/h2-33H,1H3;3-5H,1H2,2H3;1-2H3/b;5-4-;. The van der Waals surface area contributed by atoms with E-state index in [-0.39, 0.29) is 0 Å². The number of allylic oxidation sites excluding steroid dienone is 3. The lowest BCUT2D eigenvalue weighted by Gasteiger charge is -2.09. The Morgan fingerprint density at radius 1 is 0.365 bits per heavy atom. The molecule has 0 aliphatic rings. The molecule has 0 aliphatic heterocycles. The molecule has 0 saturated heterocycles. The molecule has 304 valence electrons. The highest BCUT2D eigenvalue weighted by Crippen LogP contribution is 2.40. The Morgan fingerprint density at radius 3 is 1.40 bits per heavy atom. The smallest absolute Gasteiger partial charge is 0.0547 e. The van der Waals surface area contributed by atoms with Crippen LogP contribution in [-0.2, 0) is 7.05 Å². The molecule has 0 fully saturated rings. The Bertz CT molecular complexity index is 3670. The second kappa shape index (κ2) is 16.5. The summed E-state index contributed by atoms with van der Waals surface area (Å²) in [6, 6.07) is 71.3. The van der Waals surface area contributed by atoms with Crippen molar-refractivity contribution < 1.29 is 0 Å². The largest absolute Gasteiger partial charge is 0.344 e. The molecular weight excluding hydrogens is 763 g/mol. The predicted molar refractivity (Wildman–Crippen MR) is 274 cm³/mol. The van der Waals surface area contributed by atoms with Crippen LogP contribution in [0.2, 0.25) is 0 Å². The van der Waals surface area contributed by atoms with Crippen LogP contribution in [0.1, 0.15) is 20.8 Å². The van der Waals surface area contributed by atoms with E-state index in [0.717, 1.165) is 0 Å². The molecule has 0 radical (unpaired) electrons. The summed E-state index contributed by atoms with van der Waals surface area (Å²) in [5.74, 6) is 0. The summed E-state index contributed by atoms with van der Waals surface area (Å²) >= 11 is 0. The monoisotopic (exact) mass is 811 g/mol. The van der Waals surface area contributed by atoms with E-state index in [2.05, 4.69) is 221 Å². The molecule has 3 aromatic heterocycles. The Hall–Kier alpha value is -7.88. The van der Waals surface area contributed by atoms with E-state index < -0.39 is 0 Å². The summed E-state index contributed by atoms with van der Waals surface area (Å²) in [7, 11) is 2.19. The SMILES string of the molecule is C=C/C=C\C.CC.Cn1c2ccc(-c3ccc4c(c3)c3cc5ccccc5cc3n4-c3ccccc3)cc2c2ccc(-c3ccc4c5ccccc5n(-c5ccccc5)c4c3)cc21. The number of hydrogen-bond acceptors (Lipinski definition) is 0. The van der Waals surface area contributed by atoms with Crippen molar-refractivity contribution in [1.29, 1.82) is 0 Å². The third-order valence-corrected chi connectivity index (χ3v) is 12.3. The zero-order chi connectivity index (χ0) is 43.0. The lowest BCUT2D eigenvalue weighted by molar-refractivity contribution is 1.01. The van der Waals surface area contributed by atoms with Gasteiger partial charge < -0.3 is 13.7 Å². The highest BCUT2D eigenvalue weighted by molar-refractivity contribution is 6.16. The Labute approximate surface area is 368 Å². The van der Waals surface area contributed by atoms with Crippen molar-refractivity contribution >= 4 is 76.2 Å². The van der Waals surface area contributed by atoms with Crippen molar-refractivity contribution in [3.05, 3.63) is 219 Å². The number of hydrogen-bond donors (Lipinski definition) is 0. The summed E-state index contributed by atoms with van der Waals surface area (Å²) < 4.78 is 7.15. The van der Waals surface area contributed by atoms with Gasteiger partial charge in [0, 0.05) is 61.8 Å². The van der Waals surface area contributed by atoms with Crippen LogP contribution < -0.4 is 0 Å². The highest BCUT2D eigenvalue weighted by Gasteiger charge is 2.17. The van der Waals surface area contributed by atoms with Gasteiger partial charge in [-0.05, 0) is 119 Å². The molecule has 0 amide bonds. The first-order valence-electron chi connectivity index (χ1n) is 22.0. The maximum absolute atomic E-state index is 3.46. The average Bonchev–Trinajstić information content (AvgIpc) is 3.95. The number of benzene rings is 9. The third-order valence-electron chi connectivity index (χ3n) is 12.3. The second-order valence-electron chi connectivity index (χ2n) is 15.8. The van der Waals surface area contributed by atoms with Gasteiger partial charge in [-0.2, -0.15) is 0 Å². The molecule has 0 bridgehead atoms. The van der Waals surface area contributed by atoms with Crippen LogP contribution in [0.25, 0.3) is 110 Å². The fourth-order valence-corrected chi connectivity index (χ4v) is 9.45. The lowest BCUT2D eigenvalue weighted by atomic mass is 9.99. The topological polar surface area (TPSA) is 14.8 Å². The van der Waals surface area contributed by atoms with Gasteiger partial charge in [0.2, 0.25) is 0 Å². The van der Waals surface area contributed by atoms with Crippen molar-refractivity contribution in [2.75, 3.05) is 0 Å². The summed E-state index contributed by atoms with van der Waals surface area (Å²) in [5.41, 5.74) is 14.5. The average molecular weight is 812 g/mol. The molecule has 9 aromatic carbocycles. The van der Waals surface area contributed by atoms with Crippen molar-refractivity contribution in [2.45, 2.75) is 20.8 Å². The number of nitrogens with zero attached hydrogens (tertiary/aromatic N) is 3. The molecule has 0 atom stereocenters.